The van der Waals surface area contributed by atoms with Gasteiger partial charge >= 0.3 is 0 Å². The van der Waals surface area contributed by atoms with Gasteiger partial charge in [-0.1, -0.05) is 24.3 Å². The molecule has 0 saturated carbocycles. The first-order valence-corrected chi connectivity index (χ1v) is 8.81. The summed E-state index contributed by atoms with van der Waals surface area (Å²) in [4.78, 5) is 24.4. The van der Waals surface area contributed by atoms with Crippen LogP contribution < -0.4 is 20.1 Å². The van der Waals surface area contributed by atoms with Crippen molar-refractivity contribution in [2.45, 2.75) is 6.42 Å². The average Bonchev–Trinajstić information content (AvgIpc) is 3.15. The Hall–Kier alpha value is -3.55. The van der Waals surface area contributed by atoms with Gasteiger partial charge in [-0.2, -0.15) is 5.10 Å². The summed E-state index contributed by atoms with van der Waals surface area (Å²) >= 11 is 0. The molecule has 3 aromatic rings. The third-order valence-electron chi connectivity index (χ3n) is 4.23. The van der Waals surface area contributed by atoms with Crippen LogP contribution in [0.3, 0.4) is 0 Å². The van der Waals surface area contributed by atoms with Crippen molar-refractivity contribution < 1.29 is 19.1 Å². The molecule has 0 fully saturated rings. The minimum Gasteiger partial charge on any atom is -0.493 e. The number of hydrogen-bond acceptors (Lipinski definition) is 5. The molecule has 0 aliphatic carbocycles. The first-order valence-electron chi connectivity index (χ1n) is 8.81. The number of methoxy groups -OCH3 is 2. The molecule has 0 atom stereocenters. The quantitative estimate of drug-likeness (QED) is 0.514. The predicted octanol–water partition coefficient (Wildman–Crippen LogP) is 1.67. The maximum absolute atomic E-state index is 12.3. The van der Waals surface area contributed by atoms with E-state index < -0.39 is 0 Å². The van der Waals surface area contributed by atoms with Crippen LogP contribution in [0.5, 0.6) is 11.5 Å². The lowest BCUT2D eigenvalue weighted by molar-refractivity contribution is -0.120. The number of carbonyl (C=O) groups is 2. The third-order valence-corrected chi connectivity index (χ3v) is 4.23. The molecule has 3 N–H and O–H groups in total. The Morgan fingerprint density at radius 1 is 1.00 bits per heavy atom. The van der Waals surface area contributed by atoms with Gasteiger partial charge in [-0.05, 0) is 23.8 Å². The zero-order valence-electron chi connectivity index (χ0n) is 15.7. The minimum atomic E-state index is -0.286. The van der Waals surface area contributed by atoms with Crippen LogP contribution in [-0.4, -0.2) is 49.3 Å². The minimum absolute atomic E-state index is 0.147. The smallest absolute Gasteiger partial charge is 0.272 e. The van der Waals surface area contributed by atoms with Crippen molar-refractivity contribution in [3.8, 4) is 11.5 Å². The lowest BCUT2D eigenvalue weighted by atomic mass is 10.1. The van der Waals surface area contributed by atoms with E-state index in [1.54, 1.807) is 26.4 Å². The molecule has 146 valence electrons. The molecule has 0 saturated heterocycles. The number of aromatic amines is 1. The number of ether oxygens (including phenoxy) is 2. The van der Waals surface area contributed by atoms with Crippen LogP contribution >= 0.6 is 0 Å². The zero-order valence-corrected chi connectivity index (χ0v) is 15.7. The number of benzene rings is 2. The van der Waals surface area contributed by atoms with Gasteiger partial charge in [0.2, 0.25) is 5.91 Å². The normalized spacial score (nSPS) is 10.5. The molecule has 0 bridgehead atoms. The van der Waals surface area contributed by atoms with Crippen molar-refractivity contribution in [1.82, 2.24) is 20.8 Å². The topological polar surface area (TPSA) is 105 Å². The lowest BCUT2D eigenvalue weighted by Gasteiger charge is -2.10. The highest BCUT2D eigenvalue weighted by atomic mass is 16.5. The second-order valence-corrected chi connectivity index (χ2v) is 6.09. The van der Waals surface area contributed by atoms with Crippen molar-refractivity contribution >= 4 is 22.7 Å². The Balaban J connectivity index is 1.46. The van der Waals surface area contributed by atoms with Crippen molar-refractivity contribution in [2.24, 2.45) is 0 Å². The number of nitrogens with one attached hydrogen (secondary N) is 3. The van der Waals surface area contributed by atoms with Gasteiger partial charge in [0.1, 0.15) is 0 Å². The summed E-state index contributed by atoms with van der Waals surface area (Å²) < 4.78 is 10.4. The number of hydrogen-bond donors (Lipinski definition) is 3. The number of nitrogens with zero attached hydrogens (tertiary/aromatic N) is 1. The van der Waals surface area contributed by atoms with Crippen LogP contribution in [0.4, 0.5) is 0 Å². The fourth-order valence-electron chi connectivity index (χ4n) is 2.84. The van der Waals surface area contributed by atoms with Crippen LogP contribution in [0.2, 0.25) is 0 Å². The highest BCUT2D eigenvalue weighted by Crippen LogP contribution is 2.27. The first kappa shape index (κ1) is 19.2. The number of aromatic nitrogens is 2. The SMILES string of the molecule is COc1ccc(CC(=O)NCCNC(=O)c2n[nH]c3ccccc23)cc1OC. The molecule has 0 aliphatic heterocycles. The van der Waals surface area contributed by atoms with Crippen molar-refractivity contribution in [1.29, 1.82) is 0 Å². The Morgan fingerprint density at radius 2 is 1.75 bits per heavy atom. The lowest BCUT2D eigenvalue weighted by Crippen LogP contribution is -2.35. The summed E-state index contributed by atoms with van der Waals surface area (Å²) in [5.41, 5.74) is 1.95. The van der Waals surface area contributed by atoms with E-state index in [2.05, 4.69) is 20.8 Å². The molecule has 1 heterocycles. The molecule has 8 heteroatoms. The van der Waals surface area contributed by atoms with E-state index in [0.29, 0.717) is 30.3 Å². The second-order valence-electron chi connectivity index (χ2n) is 6.09. The molecular formula is C20H22N4O4. The number of rotatable bonds is 8. The van der Waals surface area contributed by atoms with E-state index in [9.17, 15) is 9.59 Å². The molecule has 0 spiro atoms. The van der Waals surface area contributed by atoms with Gasteiger partial charge in [-0.25, -0.2) is 0 Å². The summed E-state index contributed by atoms with van der Waals surface area (Å²) in [6, 6.07) is 12.7. The van der Waals surface area contributed by atoms with Crippen LogP contribution in [-0.2, 0) is 11.2 Å². The van der Waals surface area contributed by atoms with Gasteiger partial charge in [0.15, 0.2) is 17.2 Å². The molecule has 1 aromatic heterocycles. The molecule has 2 amide bonds. The van der Waals surface area contributed by atoms with Gasteiger partial charge in [0, 0.05) is 18.5 Å². The largest absolute Gasteiger partial charge is 0.493 e. The number of amides is 2. The van der Waals surface area contributed by atoms with Crippen molar-refractivity contribution in [2.75, 3.05) is 27.3 Å². The fourth-order valence-corrected chi connectivity index (χ4v) is 2.84. The molecule has 28 heavy (non-hydrogen) atoms. The summed E-state index contributed by atoms with van der Waals surface area (Å²) in [6.45, 7) is 0.623. The molecular weight excluding hydrogens is 360 g/mol. The summed E-state index contributed by atoms with van der Waals surface area (Å²) in [5.74, 6) is 0.754. The second kappa shape index (κ2) is 8.90. The summed E-state index contributed by atoms with van der Waals surface area (Å²) in [5, 5.41) is 13.2. The first-order chi connectivity index (χ1) is 13.6. The molecule has 2 aromatic carbocycles. The number of fused-ring (bicyclic) bond motifs is 1. The van der Waals surface area contributed by atoms with Gasteiger partial charge in [0.05, 0.1) is 26.2 Å². The standard InChI is InChI=1S/C20H22N4O4/c1-27-16-8-7-13(11-17(16)28-2)12-18(25)21-9-10-22-20(26)19-14-5-3-4-6-15(14)23-24-19/h3-8,11H,9-10,12H2,1-2H3,(H,21,25)(H,22,26)(H,23,24). The maximum atomic E-state index is 12.3. The van der Waals surface area contributed by atoms with Crippen LogP contribution in [0.15, 0.2) is 42.5 Å². The molecule has 0 unspecified atom stereocenters. The van der Waals surface area contributed by atoms with Crippen molar-refractivity contribution in [3.05, 3.63) is 53.7 Å². The molecule has 3 rings (SSSR count). The van der Waals surface area contributed by atoms with E-state index in [0.717, 1.165) is 16.5 Å². The monoisotopic (exact) mass is 382 g/mol. The highest BCUT2D eigenvalue weighted by Gasteiger charge is 2.13. The van der Waals surface area contributed by atoms with E-state index in [-0.39, 0.29) is 18.2 Å². The molecule has 0 radical (unpaired) electrons. The van der Waals surface area contributed by atoms with Crippen LogP contribution in [0, 0.1) is 0 Å². The Kier molecular flexibility index (Phi) is 6.11. The molecule has 8 nitrogen and oxygen atoms in total. The highest BCUT2D eigenvalue weighted by molar-refractivity contribution is 6.04. The van der Waals surface area contributed by atoms with Gasteiger partial charge < -0.3 is 20.1 Å². The van der Waals surface area contributed by atoms with Crippen LogP contribution in [0.1, 0.15) is 16.1 Å². The van der Waals surface area contributed by atoms with E-state index >= 15 is 0 Å². The Labute approximate surface area is 162 Å². The van der Waals surface area contributed by atoms with Crippen LogP contribution in [0.25, 0.3) is 10.9 Å². The fraction of sp³-hybridized carbons (Fsp3) is 0.250. The van der Waals surface area contributed by atoms with Gasteiger partial charge in [-0.15, -0.1) is 0 Å². The zero-order chi connectivity index (χ0) is 19.9. The average molecular weight is 382 g/mol. The van der Waals surface area contributed by atoms with E-state index in [1.807, 2.05) is 30.3 Å². The Morgan fingerprint density at radius 3 is 2.54 bits per heavy atom. The van der Waals surface area contributed by atoms with E-state index in [4.69, 9.17) is 9.47 Å². The van der Waals surface area contributed by atoms with Crippen molar-refractivity contribution in [3.63, 3.8) is 0 Å². The summed E-state index contributed by atoms with van der Waals surface area (Å²) in [6.07, 6.45) is 0.207. The van der Waals surface area contributed by atoms with Gasteiger partial charge in [-0.3, -0.25) is 14.7 Å². The maximum Gasteiger partial charge on any atom is 0.272 e. The number of carbonyl (C=O) groups excluding carboxylic acids is 2. The summed E-state index contributed by atoms with van der Waals surface area (Å²) in [7, 11) is 3.11. The molecule has 0 aliphatic rings. The number of para-hydroxylation sites is 1. The Bertz CT molecular complexity index is 983. The third kappa shape index (κ3) is 4.40. The van der Waals surface area contributed by atoms with E-state index in [1.165, 1.54) is 0 Å². The van der Waals surface area contributed by atoms with Gasteiger partial charge in [0.25, 0.3) is 5.91 Å². The number of H-pyrrole nitrogens is 1. The predicted molar refractivity (Wildman–Crippen MR) is 105 cm³/mol.